The average molecular weight is 355 g/mol. The number of aryl methyl sites for hydroxylation is 1. The van der Waals surface area contributed by atoms with E-state index in [1.165, 1.54) is 17.5 Å². The Morgan fingerprint density at radius 2 is 1.60 bits per heavy atom. The topological polar surface area (TPSA) is 12.0 Å². The van der Waals surface area contributed by atoms with Crippen molar-refractivity contribution >= 4 is 28.3 Å². The van der Waals surface area contributed by atoms with Crippen LogP contribution in [-0.4, -0.2) is 6.04 Å². The van der Waals surface area contributed by atoms with Crippen LogP contribution in [0.5, 0.6) is 0 Å². The van der Waals surface area contributed by atoms with Crippen molar-refractivity contribution in [3.63, 3.8) is 0 Å². The van der Waals surface area contributed by atoms with Gasteiger partial charge in [-0.25, -0.2) is 0 Å². The van der Waals surface area contributed by atoms with E-state index in [0.29, 0.717) is 6.04 Å². The maximum absolute atomic E-state index is 3.57. The van der Waals surface area contributed by atoms with E-state index in [0.717, 1.165) is 17.4 Å². The van der Waals surface area contributed by atoms with E-state index in [1.54, 1.807) is 0 Å². The Labute approximate surface area is 136 Å². The third-order valence-electron chi connectivity index (χ3n) is 3.28. The smallest absolute Gasteiger partial charge is 0.0207 e. The Morgan fingerprint density at radius 1 is 0.950 bits per heavy atom. The van der Waals surface area contributed by atoms with Gasteiger partial charge in [0.1, 0.15) is 0 Å². The van der Waals surface area contributed by atoms with Crippen molar-refractivity contribution in [2.24, 2.45) is 0 Å². The van der Waals surface area contributed by atoms with Gasteiger partial charge in [-0.05, 0) is 43.0 Å². The van der Waals surface area contributed by atoms with Gasteiger partial charge in [0, 0.05) is 17.1 Å². The van der Waals surface area contributed by atoms with Crippen LogP contribution in [-0.2, 0) is 13.0 Å². The highest BCUT2D eigenvalue weighted by atomic mass is 79.9. The molecule has 3 heteroatoms. The average Bonchev–Trinajstić information content (AvgIpc) is 2.45. The molecular formula is C17H21BrClN. The summed E-state index contributed by atoms with van der Waals surface area (Å²) in [6.07, 6.45) is 2.30. The van der Waals surface area contributed by atoms with Crippen molar-refractivity contribution in [1.29, 1.82) is 0 Å². The van der Waals surface area contributed by atoms with Gasteiger partial charge in [-0.2, -0.15) is 0 Å². The fraction of sp³-hybridized carbons (Fsp3) is 0.294. The quantitative estimate of drug-likeness (QED) is 0.771. The van der Waals surface area contributed by atoms with Crippen LogP contribution in [0.1, 0.15) is 24.5 Å². The first-order valence-electron chi connectivity index (χ1n) is 6.76. The highest BCUT2D eigenvalue weighted by Crippen LogP contribution is 2.11. The number of hydrogen-bond donors (Lipinski definition) is 1. The first-order valence-corrected chi connectivity index (χ1v) is 7.55. The lowest BCUT2D eigenvalue weighted by Crippen LogP contribution is -2.25. The third kappa shape index (κ3) is 6.08. The van der Waals surface area contributed by atoms with Crippen molar-refractivity contribution in [3.8, 4) is 0 Å². The van der Waals surface area contributed by atoms with Crippen LogP contribution in [0.15, 0.2) is 59.1 Å². The van der Waals surface area contributed by atoms with Crippen LogP contribution in [0, 0.1) is 0 Å². The summed E-state index contributed by atoms with van der Waals surface area (Å²) in [6, 6.07) is 19.7. The van der Waals surface area contributed by atoms with Gasteiger partial charge < -0.3 is 5.32 Å². The molecule has 0 radical (unpaired) electrons. The maximum Gasteiger partial charge on any atom is 0.0207 e. The molecule has 1 N–H and O–H groups in total. The van der Waals surface area contributed by atoms with E-state index in [4.69, 9.17) is 0 Å². The predicted molar refractivity (Wildman–Crippen MR) is 92.5 cm³/mol. The first kappa shape index (κ1) is 17.2. The monoisotopic (exact) mass is 353 g/mol. The Hall–Kier alpha value is -0.830. The van der Waals surface area contributed by atoms with Crippen molar-refractivity contribution in [2.45, 2.75) is 32.4 Å². The molecule has 0 aliphatic carbocycles. The molecule has 2 aromatic rings. The fourth-order valence-corrected chi connectivity index (χ4v) is 2.29. The largest absolute Gasteiger partial charge is 0.310 e. The van der Waals surface area contributed by atoms with Gasteiger partial charge in [0.2, 0.25) is 0 Å². The van der Waals surface area contributed by atoms with Crippen molar-refractivity contribution in [3.05, 3.63) is 70.2 Å². The van der Waals surface area contributed by atoms with E-state index in [9.17, 15) is 0 Å². The fourth-order valence-electron chi connectivity index (χ4n) is 2.02. The molecule has 0 saturated carbocycles. The first-order chi connectivity index (χ1) is 9.24. The Kier molecular flexibility index (Phi) is 7.90. The Bertz CT molecular complexity index is 484. The van der Waals surface area contributed by atoms with Crippen LogP contribution < -0.4 is 5.32 Å². The normalized spacial score (nSPS) is 11.7. The number of benzene rings is 2. The second-order valence-corrected chi connectivity index (χ2v) is 5.85. The van der Waals surface area contributed by atoms with E-state index < -0.39 is 0 Å². The summed E-state index contributed by atoms with van der Waals surface area (Å²) in [4.78, 5) is 0. The number of rotatable bonds is 6. The zero-order valence-corrected chi connectivity index (χ0v) is 14.1. The lowest BCUT2D eigenvalue weighted by Gasteiger charge is -2.14. The summed E-state index contributed by atoms with van der Waals surface area (Å²) >= 11 is 3.46. The van der Waals surface area contributed by atoms with Crippen LogP contribution in [0.2, 0.25) is 0 Å². The van der Waals surface area contributed by atoms with E-state index in [1.807, 2.05) is 0 Å². The van der Waals surface area contributed by atoms with Crippen LogP contribution in [0.3, 0.4) is 0 Å². The van der Waals surface area contributed by atoms with Crippen molar-refractivity contribution in [1.82, 2.24) is 5.32 Å². The highest BCUT2D eigenvalue weighted by Gasteiger charge is 2.02. The standard InChI is InChI=1S/C17H20BrN.ClH/c1-14(7-8-15-5-3-2-4-6-15)19-13-16-9-11-17(18)12-10-16;/h2-6,9-12,14,19H,7-8,13H2,1H3;1H. The van der Waals surface area contributed by atoms with Crippen LogP contribution in [0.4, 0.5) is 0 Å². The molecule has 1 unspecified atom stereocenters. The number of nitrogens with one attached hydrogen (secondary N) is 1. The second-order valence-electron chi connectivity index (χ2n) is 4.93. The molecule has 1 atom stereocenters. The van der Waals surface area contributed by atoms with Crippen molar-refractivity contribution < 1.29 is 0 Å². The minimum Gasteiger partial charge on any atom is -0.310 e. The molecule has 0 aromatic heterocycles. The molecule has 0 spiro atoms. The summed E-state index contributed by atoms with van der Waals surface area (Å²) in [6.45, 7) is 3.19. The molecular weight excluding hydrogens is 334 g/mol. The molecule has 0 fully saturated rings. The summed E-state index contributed by atoms with van der Waals surface area (Å²) in [5.41, 5.74) is 2.74. The molecule has 0 aliphatic rings. The number of halogens is 2. The van der Waals surface area contributed by atoms with Gasteiger partial charge in [0.25, 0.3) is 0 Å². The minimum atomic E-state index is 0. The molecule has 20 heavy (non-hydrogen) atoms. The minimum absolute atomic E-state index is 0. The highest BCUT2D eigenvalue weighted by molar-refractivity contribution is 9.10. The van der Waals surface area contributed by atoms with Crippen LogP contribution >= 0.6 is 28.3 Å². The molecule has 1 nitrogen and oxygen atoms in total. The summed E-state index contributed by atoms with van der Waals surface area (Å²) < 4.78 is 1.13. The summed E-state index contributed by atoms with van der Waals surface area (Å²) in [5, 5.41) is 3.57. The zero-order chi connectivity index (χ0) is 13.5. The lowest BCUT2D eigenvalue weighted by molar-refractivity contribution is 0.514. The van der Waals surface area contributed by atoms with Crippen LogP contribution in [0.25, 0.3) is 0 Å². The molecule has 0 heterocycles. The molecule has 108 valence electrons. The Morgan fingerprint density at radius 3 is 2.25 bits per heavy atom. The third-order valence-corrected chi connectivity index (χ3v) is 3.81. The second kappa shape index (κ2) is 9.17. The van der Waals surface area contributed by atoms with E-state index in [2.05, 4.69) is 82.8 Å². The van der Waals surface area contributed by atoms with Gasteiger partial charge in [-0.1, -0.05) is 58.4 Å². The van der Waals surface area contributed by atoms with Gasteiger partial charge in [-0.3, -0.25) is 0 Å². The molecule has 0 aliphatic heterocycles. The molecule has 2 rings (SSSR count). The number of hydrogen-bond acceptors (Lipinski definition) is 1. The van der Waals surface area contributed by atoms with Gasteiger partial charge >= 0.3 is 0 Å². The van der Waals surface area contributed by atoms with Gasteiger partial charge in [-0.15, -0.1) is 12.4 Å². The van der Waals surface area contributed by atoms with Gasteiger partial charge in [0.05, 0.1) is 0 Å². The van der Waals surface area contributed by atoms with E-state index in [-0.39, 0.29) is 12.4 Å². The lowest BCUT2D eigenvalue weighted by atomic mass is 10.1. The SMILES string of the molecule is CC(CCc1ccccc1)NCc1ccc(Br)cc1.Cl. The van der Waals surface area contributed by atoms with Crippen molar-refractivity contribution in [2.75, 3.05) is 0 Å². The zero-order valence-electron chi connectivity index (χ0n) is 11.7. The molecule has 0 bridgehead atoms. The van der Waals surface area contributed by atoms with Gasteiger partial charge in [0.15, 0.2) is 0 Å². The van der Waals surface area contributed by atoms with E-state index >= 15 is 0 Å². The predicted octanol–water partition coefficient (Wildman–Crippen LogP) is 4.98. The molecule has 0 amide bonds. The summed E-state index contributed by atoms with van der Waals surface area (Å²) in [7, 11) is 0. The summed E-state index contributed by atoms with van der Waals surface area (Å²) in [5.74, 6) is 0. The maximum atomic E-state index is 3.57. The molecule has 2 aromatic carbocycles. The Balaban J connectivity index is 0.00000200. The molecule has 0 saturated heterocycles.